The molecule has 0 aromatic carbocycles. The van der Waals surface area contributed by atoms with Crippen LogP contribution in [-0.2, 0) is 4.79 Å². The Morgan fingerprint density at radius 2 is 2.10 bits per heavy atom. The molecule has 0 spiro atoms. The largest absolute Gasteiger partial charge is 0.352 e. The first kappa shape index (κ1) is 13.1. The van der Waals surface area contributed by atoms with Gasteiger partial charge in [-0.25, -0.2) is 4.98 Å². The molecule has 5 nitrogen and oxygen atoms in total. The van der Waals surface area contributed by atoms with Crippen molar-refractivity contribution in [3.05, 3.63) is 23.9 Å². The molecule has 5 heteroatoms. The third kappa shape index (κ3) is 2.66. The quantitative estimate of drug-likeness (QED) is 0.845. The topological polar surface area (TPSA) is 62.3 Å². The van der Waals surface area contributed by atoms with Crippen LogP contribution in [0.25, 0.3) is 0 Å². The number of Topliss-reactive ketones (excluding diaryl/α,β-unsaturated/α-hetero) is 1. The molecule has 2 fully saturated rings. The van der Waals surface area contributed by atoms with Crippen molar-refractivity contribution in [3.63, 3.8) is 0 Å². The van der Waals surface area contributed by atoms with Crippen molar-refractivity contribution in [2.45, 2.75) is 44.7 Å². The van der Waals surface area contributed by atoms with Gasteiger partial charge in [0.25, 0.3) is 0 Å². The maximum absolute atomic E-state index is 12.2. The molecule has 1 aliphatic heterocycles. The van der Waals surface area contributed by atoms with E-state index in [1.54, 1.807) is 12.3 Å². The van der Waals surface area contributed by atoms with Gasteiger partial charge in [0.1, 0.15) is 11.9 Å². The minimum Gasteiger partial charge on any atom is -0.352 e. The van der Waals surface area contributed by atoms with Crippen LogP contribution in [0, 0.1) is 0 Å². The molecule has 1 unspecified atom stereocenters. The maximum atomic E-state index is 12.2. The molecule has 1 amide bonds. The molecular weight excluding hydrogens is 254 g/mol. The molecule has 0 radical (unpaired) electrons. The normalized spacial score (nSPS) is 21.9. The number of carbonyl (C=O) groups excluding carboxylic acids is 2. The number of hydrogen-bond donors (Lipinski definition) is 1. The lowest BCUT2D eigenvalue weighted by atomic mass is 10.2. The first-order valence-electron chi connectivity index (χ1n) is 7.19. The fourth-order valence-corrected chi connectivity index (χ4v) is 2.60. The Kier molecular flexibility index (Phi) is 3.42. The molecule has 1 saturated heterocycles. The van der Waals surface area contributed by atoms with Crippen molar-refractivity contribution in [1.82, 2.24) is 10.3 Å². The number of rotatable bonds is 4. The Labute approximate surface area is 118 Å². The van der Waals surface area contributed by atoms with Crippen molar-refractivity contribution in [2.75, 3.05) is 11.4 Å². The van der Waals surface area contributed by atoms with Gasteiger partial charge in [0, 0.05) is 24.3 Å². The van der Waals surface area contributed by atoms with E-state index in [9.17, 15) is 9.59 Å². The molecule has 2 aliphatic rings. The van der Waals surface area contributed by atoms with Crippen LogP contribution < -0.4 is 10.2 Å². The van der Waals surface area contributed by atoms with Gasteiger partial charge in [-0.1, -0.05) is 0 Å². The molecule has 1 aromatic heterocycles. The summed E-state index contributed by atoms with van der Waals surface area (Å²) >= 11 is 0. The number of anilines is 1. The number of hydrogen-bond acceptors (Lipinski definition) is 4. The van der Waals surface area contributed by atoms with Crippen LogP contribution in [-0.4, -0.2) is 35.3 Å². The van der Waals surface area contributed by atoms with Crippen LogP contribution in [0.1, 0.15) is 43.0 Å². The molecule has 3 rings (SSSR count). The Hall–Kier alpha value is -1.91. The Morgan fingerprint density at radius 1 is 1.30 bits per heavy atom. The summed E-state index contributed by atoms with van der Waals surface area (Å²) in [6, 6.07) is 3.88. The average molecular weight is 273 g/mol. The Morgan fingerprint density at radius 3 is 2.70 bits per heavy atom. The van der Waals surface area contributed by atoms with Crippen molar-refractivity contribution in [1.29, 1.82) is 0 Å². The van der Waals surface area contributed by atoms with Crippen LogP contribution >= 0.6 is 0 Å². The fraction of sp³-hybridized carbons (Fsp3) is 0.533. The van der Waals surface area contributed by atoms with E-state index in [0.717, 1.165) is 38.0 Å². The molecule has 106 valence electrons. The van der Waals surface area contributed by atoms with Crippen molar-refractivity contribution in [2.24, 2.45) is 0 Å². The Balaban J connectivity index is 1.73. The van der Waals surface area contributed by atoms with Gasteiger partial charge in [-0.2, -0.15) is 0 Å². The second-order valence-electron chi connectivity index (χ2n) is 5.60. The monoisotopic (exact) mass is 273 g/mol. The Bertz CT molecular complexity index is 522. The minimum absolute atomic E-state index is 0.00787. The zero-order chi connectivity index (χ0) is 14.1. The fourth-order valence-electron chi connectivity index (χ4n) is 2.60. The number of aromatic nitrogens is 1. The number of carbonyl (C=O) groups is 2. The van der Waals surface area contributed by atoms with E-state index in [4.69, 9.17) is 0 Å². The van der Waals surface area contributed by atoms with Crippen molar-refractivity contribution in [3.8, 4) is 0 Å². The van der Waals surface area contributed by atoms with Gasteiger partial charge in [0.05, 0.1) is 0 Å². The SMILES string of the molecule is CC(=O)c1ccc(N2CCCC2C(=O)NC2CC2)nc1. The lowest BCUT2D eigenvalue weighted by Gasteiger charge is -2.25. The van der Waals surface area contributed by atoms with Crippen LogP contribution in [0.15, 0.2) is 18.3 Å². The highest BCUT2D eigenvalue weighted by Gasteiger charge is 2.34. The zero-order valence-electron chi connectivity index (χ0n) is 11.6. The van der Waals surface area contributed by atoms with Crippen molar-refractivity contribution < 1.29 is 9.59 Å². The van der Waals surface area contributed by atoms with E-state index >= 15 is 0 Å². The predicted molar refractivity (Wildman–Crippen MR) is 75.8 cm³/mol. The van der Waals surface area contributed by atoms with Crippen molar-refractivity contribution >= 4 is 17.5 Å². The summed E-state index contributed by atoms with van der Waals surface area (Å²) in [5.74, 6) is 0.902. The van der Waals surface area contributed by atoms with Gasteiger partial charge in [0.15, 0.2) is 5.78 Å². The summed E-state index contributed by atoms with van der Waals surface area (Å²) in [4.78, 5) is 29.9. The first-order valence-corrected chi connectivity index (χ1v) is 7.19. The molecule has 20 heavy (non-hydrogen) atoms. The molecular formula is C15H19N3O2. The van der Waals surface area contributed by atoms with E-state index in [0.29, 0.717) is 11.6 Å². The second-order valence-corrected chi connectivity index (χ2v) is 5.60. The van der Waals surface area contributed by atoms with Gasteiger partial charge in [-0.15, -0.1) is 0 Å². The third-order valence-electron chi connectivity index (χ3n) is 3.93. The molecule has 0 bridgehead atoms. The summed E-state index contributed by atoms with van der Waals surface area (Å²) < 4.78 is 0. The zero-order valence-corrected chi connectivity index (χ0v) is 11.6. The van der Waals surface area contributed by atoms with E-state index < -0.39 is 0 Å². The molecule has 1 N–H and O–H groups in total. The number of ketones is 1. The molecule has 2 heterocycles. The van der Waals surface area contributed by atoms with E-state index in [1.807, 2.05) is 11.0 Å². The standard InChI is InChI=1S/C15H19N3O2/c1-10(19)11-4-7-14(16-9-11)18-8-2-3-13(18)15(20)17-12-5-6-12/h4,7,9,12-13H,2-3,5-6,8H2,1H3,(H,17,20). The van der Waals surface area contributed by atoms with Gasteiger partial charge in [-0.05, 0) is 44.7 Å². The summed E-state index contributed by atoms with van der Waals surface area (Å²) in [6.07, 6.45) is 5.66. The van der Waals surface area contributed by atoms with Gasteiger partial charge in [-0.3, -0.25) is 9.59 Å². The number of pyridine rings is 1. The van der Waals surface area contributed by atoms with Gasteiger partial charge in [0.2, 0.25) is 5.91 Å². The van der Waals surface area contributed by atoms with Crippen LogP contribution in [0.2, 0.25) is 0 Å². The van der Waals surface area contributed by atoms with Crippen LogP contribution in [0.3, 0.4) is 0 Å². The van der Waals surface area contributed by atoms with Crippen LogP contribution in [0.5, 0.6) is 0 Å². The average Bonchev–Trinajstić information content (AvgIpc) is 3.11. The summed E-state index contributed by atoms with van der Waals surface area (Å²) in [7, 11) is 0. The molecule has 1 saturated carbocycles. The highest BCUT2D eigenvalue weighted by molar-refractivity contribution is 5.94. The van der Waals surface area contributed by atoms with E-state index in [1.165, 1.54) is 6.92 Å². The number of nitrogens with one attached hydrogen (secondary N) is 1. The highest BCUT2D eigenvalue weighted by atomic mass is 16.2. The maximum Gasteiger partial charge on any atom is 0.242 e. The summed E-state index contributed by atoms with van der Waals surface area (Å²) in [5.41, 5.74) is 0.604. The minimum atomic E-state index is -0.119. The third-order valence-corrected chi connectivity index (χ3v) is 3.93. The van der Waals surface area contributed by atoms with Gasteiger partial charge < -0.3 is 10.2 Å². The smallest absolute Gasteiger partial charge is 0.242 e. The highest BCUT2D eigenvalue weighted by Crippen LogP contribution is 2.26. The lowest BCUT2D eigenvalue weighted by Crippen LogP contribution is -2.44. The number of amides is 1. The van der Waals surface area contributed by atoms with E-state index in [-0.39, 0.29) is 17.7 Å². The number of nitrogens with zero attached hydrogens (tertiary/aromatic N) is 2. The first-order chi connectivity index (χ1) is 9.65. The van der Waals surface area contributed by atoms with E-state index in [2.05, 4.69) is 10.3 Å². The second kappa shape index (κ2) is 5.23. The predicted octanol–water partition coefficient (Wildman–Crippen LogP) is 1.53. The molecule has 1 aliphatic carbocycles. The van der Waals surface area contributed by atoms with Crippen LogP contribution in [0.4, 0.5) is 5.82 Å². The summed E-state index contributed by atoms with van der Waals surface area (Å²) in [5, 5.41) is 3.06. The molecule has 1 atom stereocenters. The molecule has 1 aromatic rings. The van der Waals surface area contributed by atoms with Gasteiger partial charge >= 0.3 is 0 Å². The lowest BCUT2D eigenvalue weighted by molar-refractivity contribution is -0.122. The summed E-state index contributed by atoms with van der Waals surface area (Å²) in [6.45, 7) is 2.37.